The van der Waals surface area contributed by atoms with Gasteiger partial charge in [0.2, 0.25) is 0 Å². The molecule has 232 valence electrons. The molecular formula is C36H41NO7. The summed E-state index contributed by atoms with van der Waals surface area (Å²) in [6, 6.07) is 13.3. The van der Waals surface area contributed by atoms with Crippen molar-refractivity contribution in [1.29, 1.82) is 0 Å². The Bertz CT molecular complexity index is 1580. The molecule has 2 aromatic rings. The first-order valence-electron chi connectivity index (χ1n) is 15.7. The molecule has 0 spiro atoms. The summed E-state index contributed by atoms with van der Waals surface area (Å²) >= 11 is 0. The molecule has 4 fully saturated rings. The van der Waals surface area contributed by atoms with Gasteiger partial charge in [0, 0.05) is 28.0 Å². The number of aliphatic hydroxyl groups excluding tert-OH is 2. The van der Waals surface area contributed by atoms with Crippen LogP contribution in [0.2, 0.25) is 0 Å². The standard InChI is InChI=1S/C36H41NO7/c1-20-25(8-5-9-29(20)42-19-21-6-4-7-23(37)14-21)33-43-31-16-27-26-11-10-22-15-24(39)12-13-34(22,2)32(26)28(40)17-35(27,3)36(31,44-33)30(41)18-38/h4-9,12-15,26-28,31-33,38,40H,10-11,16-19,37H2,1-3H3/t26-,27-,28-,31+,32+,33+,34-,35-,36+/m0/s1. The molecule has 44 heavy (non-hydrogen) atoms. The SMILES string of the molecule is Cc1c(OCc2cccc(N)c2)cccc1[C@@H]1O[C@@H]2C[C@H]3[C@@H]4CCC5=CC(=O)C=C[C@]5(C)[C@H]4[C@@H](O)C[C@]3(C)[C@]2(C(=O)CO)O1. The van der Waals surface area contributed by atoms with Gasteiger partial charge in [0.25, 0.3) is 0 Å². The molecule has 3 saturated carbocycles. The lowest BCUT2D eigenvalue weighted by molar-refractivity contribution is -0.201. The molecule has 2 aromatic carbocycles. The summed E-state index contributed by atoms with van der Waals surface area (Å²) in [4.78, 5) is 26.0. The molecule has 5 aliphatic rings. The highest BCUT2D eigenvalue weighted by atomic mass is 16.7. The van der Waals surface area contributed by atoms with E-state index in [1.54, 1.807) is 12.2 Å². The van der Waals surface area contributed by atoms with Crippen LogP contribution in [-0.4, -0.2) is 46.2 Å². The van der Waals surface area contributed by atoms with Crippen LogP contribution in [0.5, 0.6) is 5.75 Å². The molecule has 1 saturated heterocycles. The first kappa shape index (κ1) is 29.4. The molecule has 0 radical (unpaired) electrons. The van der Waals surface area contributed by atoms with Crippen LogP contribution in [0.25, 0.3) is 0 Å². The molecule has 1 aliphatic heterocycles. The fraction of sp³-hybridized carbons (Fsp3) is 0.500. The number of hydrogen-bond donors (Lipinski definition) is 3. The van der Waals surface area contributed by atoms with E-state index in [0.29, 0.717) is 30.9 Å². The van der Waals surface area contributed by atoms with Crippen molar-refractivity contribution in [3.8, 4) is 5.75 Å². The Morgan fingerprint density at radius 3 is 2.75 bits per heavy atom. The molecule has 9 atom stereocenters. The highest BCUT2D eigenvalue weighted by Crippen LogP contribution is 2.70. The fourth-order valence-electron chi connectivity index (χ4n) is 9.71. The molecule has 4 aliphatic carbocycles. The van der Waals surface area contributed by atoms with Gasteiger partial charge in [0.05, 0.1) is 12.2 Å². The Morgan fingerprint density at radius 2 is 1.98 bits per heavy atom. The summed E-state index contributed by atoms with van der Waals surface area (Å²) in [7, 11) is 0. The molecule has 0 aromatic heterocycles. The van der Waals surface area contributed by atoms with Gasteiger partial charge >= 0.3 is 0 Å². The second-order valence-corrected chi connectivity index (χ2v) is 13.8. The lowest BCUT2D eigenvalue weighted by atomic mass is 9.46. The molecule has 0 amide bonds. The summed E-state index contributed by atoms with van der Waals surface area (Å²) in [5.41, 5.74) is 7.67. The molecule has 4 N–H and O–H groups in total. The number of nitrogen functional groups attached to an aromatic ring is 1. The van der Waals surface area contributed by atoms with Gasteiger partial charge in [0.1, 0.15) is 19.0 Å². The fourth-order valence-corrected chi connectivity index (χ4v) is 9.71. The Balaban J connectivity index is 1.19. The van der Waals surface area contributed by atoms with Crippen molar-refractivity contribution in [2.24, 2.45) is 28.6 Å². The first-order valence-corrected chi connectivity index (χ1v) is 15.7. The van der Waals surface area contributed by atoms with Crippen LogP contribution < -0.4 is 10.5 Å². The van der Waals surface area contributed by atoms with E-state index in [0.717, 1.165) is 35.1 Å². The lowest BCUT2D eigenvalue weighted by Crippen LogP contribution is -2.63. The number of ketones is 2. The number of aliphatic hydroxyl groups is 2. The number of Topliss-reactive ketones (excluding diaryl/α,β-unsaturated/α-hetero) is 1. The van der Waals surface area contributed by atoms with Crippen molar-refractivity contribution in [1.82, 2.24) is 0 Å². The second kappa shape index (κ2) is 10.4. The van der Waals surface area contributed by atoms with E-state index in [4.69, 9.17) is 19.9 Å². The van der Waals surface area contributed by atoms with Crippen LogP contribution in [0.15, 0.2) is 66.3 Å². The summed E-state index contributed by atoms with van der Waals surface area (Å²) < 4.78 is 19.6. The smallest absolute Gasteiger partial charge is 0.193 e. The summed E-state index contributed by atoms with van der Waals surface area (Å²) in [6.45, 7) is 5.79. The maximum atomic E-state index is 13.9. The van der Waals surface area contributed by atoms with E-state index in [1.165, 1.54) is 0 Å². The van der Waals surface area contributed by atoms with Gasteiger partial charge in [-0.1, -0.05) is 49.8 Å². The number of ether oxygens (including phenoxy) is 3. The Kier molecular flexibility index (Phi) is 6.94. The number of nitrogens with two attached hydrogens (primary N) is 1. The Labute approximate surface area is 257 Å². The second-order valence-electron chi connectivity index (χ2n) is 13.8. The highest BCUT2D eigenvalue weighted by molar-refractivity contribution is 6.01. The van der Waals surface area contributed by atoms with Crippen LogP contribution in [0.1, 0.15) is 62.5 Å². The first-order chi connectivity index (χ1) is 21.0. The number of allylic oxidation sites excluding steroid dienone is 4. The zero-order chi connectivity index (χ0) is 31.0. The van der Waals surface area contributed by atoms with Gasteiger partial charge < -0.3 is 30.2 Å². The van der Waals surface area contributed by atoms with E-state index in [9.17, 15) is 19.8 Å². The Morgan fingerprint density at radius 1 is 1.18 bits per heavy atom. The van der Waals surface area contributed by atoms with Crippen LogP contribution in [0, 0.1) is 35.5 Å². The summed E-state index contributed by atoms with van der Waals surface area (Å²) in [5, 5.41) is 22.2. The van der Waals surface area contributed by atoms with Crippen molar-refractivity contribution in [3.05, 3.63) is 83.0 Å². The van der Waals surface area contributed by atoms with Crippen molar-refractivity contribution in [2.45, 2.75) is 77.2 Å². The van der Waals surface area contributed by atoms with E-state index < -0.39 is 47.3 Å². The molecule has 1 heterocycles. The maximum absolute atomic E-state index is 13.9. The summed E-state index contributed by atoms with van der Waals surface area (Å²) in [5.74, 6) is 0.325. The van der Waals surface area contributed by atoms with Crippen molar-refractivity contribution < 1.29 is 34.0 Å². The number of hydrogen-bond acceptors (Lipinski definition) is 8. The minimum Gasteiger partial charge on any atom is -0.489 e. The molecule has 7 rings (SSSR count). The van der Waals surface area contributed by atoms with E-state index in [2.05, 4.69) is 6.92 Å². The van der Waals surface area contributed by atoms with E-state index in [1.807, 2.05) is 62.4 Å². The van der Waals surface area contributed by atoms with Gasteiger partial charge in [-0.3, -0.25) is 9.59 Å². The maximum Gasteiger partial charge on any atom is 0.193 e. The van der Waals surface area contributed by atoms with Crippen molar-refractivity contribution in [2.75, 3.05) is 12.3 Å². The zero-order valence-electron chi connectivity index (χ0n) is 25.5. The molecule has 8 heteroatoms. The largest absolute Gasteiger partial charge is 0.489 e. The number of benzene rings is 2. The molecule has 0 unspecified atom stereocenters. The monoisotopic (exact) mass is 599 g/mol. The third-order valence-electron chi connectivity index (χ3n) is 11.7. The Hall–Kier alpha value is -3.30. The molecule has 8 nitrogen and oxygen atoms in total. The van der Waals surface area contributed by atoms with Gasteiger partial charge in [-0.15, -0.1) is 0 Å². The van der Waals surface area contributed by atoms with Crippen molar-refractivity contribution in [3.63, 3.8) is 0 Å². The third-order valence-corrected chi connectivity index (χ3v) is 11.7. The van der Waals surface area contributed by atoms with E-state index >= 15 is 0 Å². The normalized spacial score (nSPS) is 38.8. The average molecular weight is 600 g/mol. The van der Waals surface area contributed by atoms with Crippen molar-refractivity contribution >= 4 is 17.3 Å². The minimum atomic E-state index is -1.40. The van der Waals surface area contributed by atoms with Crippen LogP contribution in [0.4, 0.5) is 5.69 Å². The van der Waals surface area contributed by atoms with Crippen LogP contribution in [0.3, 0.4) is 0 Å². The number of carbonyl (C=O) groups excluding carboxylic acids is 2. The average Bonchev–Trinajstić information content (AvgIpc) is 3.49. The number of rotatable bonds is 6. The number of fused-ring (bicyclic) bond motifs is 7. The van der Waals surface area contributed by atoms with Gasteiger partial charge in [-0.05, 0) is 85.9 Å². The van der Waals surface area contributed by atoms with Crippen LogP contribution in [-0.2, 0) is 25.7 Å². The van der Waals surface area contributed by atoms with Gasteiger partial charge in [-0.25, -0.2) is 0 Å². The van der Waals surface area contributed by atoms with Crippen LogP contribution >= 0.6 is 0 Å². The predicted molar refractivity (Wildman–Crippen MR) is 163 cm³/mol. The minimum absolute atomic E-state index is 0.00340. The van der Waals surface area contributed by atoms with Gasteiger partial charge in [0.15, 0.2) is 23.5 Å². The van der Waals surface area contributed by atoms with Gasteiger partial charge in [-0.2, -0.15) is 0 Å². The van der Waals surface area contributed by atoms with E-state index in [-0.39, 0.29) is 23.5 Å². The third kappa shape index (κ3) is 4.11. The topological polar surface area (TPSA) is 128 Å². The lowest BCUT2D eigenvalue weighted by Gasteiger charge is -2.59. The summed E-state index contributed by atoms with van der Waals surface area (Å²) in [6.07, 6.45) is 5.73. The predicted octanol–water partition coefficient (Wildman–Crippen LogP) is 4.76. The zero-order valence-corrected chi connectivity index (χ0v) is 25.5. The quantitative estimate of drug-likeness (QED) is 0.406. The molecule has 0 bridgehead atoms. The number of anilines is 1. The highest BCUT2D eigenvalue weighted by Gasteiger charge is 2.76. The number of carbonyl (C=O) groups is 2. The molecular weight excluding hydrogens is 558 g/mol.